The summed E-state index contributed by atoms with van der Waals surface area (Å²) in [6, 6.07) is 10.1. The number of thiazole rings is 1. The highest BCUT2D eigenvalue weighted by Crippen LogP contribution is 2.41. The number of nitrogens with zero attached hydrogens (tertiary/aromatic N) is 3. The van der Waals surface area contributed by atoms with Crippen LogP contribution in [0.4, 0.5) is 5.69 Å². The second kappa shape index (κ2) is 12.5. The predicted octanol–water partition coefficient (Wildman–Crippen LogP) is 4.75. The van der Waals surface area contributed by atoms with Crippen LogP contribution >= 0.6 is 27.3 Å². The molecule has 0 radical (unpaired) electrons. The summed E-state index contributed by atoms with van der Waals surface area (Å²) in [6.07, 6.45) is 1.53. The zero-order valence-electron chi connectivity index (χ0n) is 24.2. The Balaban J connectivity index is 1.67. The quantitative estimate of drug-likeness (QED) is 0.139. The van der Waals surface area contributed by atoms with Gasteiger partial charge in [-0.2, -0.15) is 0 Å². The lowest BCUT2D eigenvalue weighted by atomic mass is 9.95. The maximum atomic E-state index is 14.0. The van der Waals surface area contributed by atoms with E-state index < -0.39 is 22.5 Å². The first-order valence-electron chi connectivity index (χ1n) is 13.2. The number of carbonyl (C=O) groups is 1. The third-order valence-electron chi connectivity index (χ3n) is 6.88. The molecule has 5 rings (SSSR count). The summed E-state index contributed by atoms with van der Waals surface area (Å²) < 4.78 is 29.6. The number of furan rings is 1. The van der Waals surface area contributed by atoms with Gasteiger partial charge < -0.3 is 23.4 Å². The SMILES string of the molecule is CCOC(=O)C1=C(C)N=c2s/c(=C\c3ccc(-c4ccc(OC)cc4[N+](=O)[O-])o3)c(=O)n2[C@@H]1c1cc(OC)c(OC)cc1Br. The first kappa shape index (κ1) is 30.8. The largest absolute Gasteiger partial charge is 0.497 e. The first-order valence-corrected chi connectivity index (χ1v) is 14.8. The number of nitro groups is 1. The van der Waals surface area contributed by atoms with Gasteiger partial charge in [-0.25, -0.2) is 9.79 Å². The number of allylic oxidation sites excluding steroid dienone is 1. The van der Waals surface area contributed by atoms with Gasteiger partial charge in [0, 0.05) is 10.5 Å². The van der Waals surface area contributed by atoms with E-state index in [-0.39, 0.29) is 33.7 Å². The molecule has 0 saturated carbocycles. The van der Waals surface area contributed by atoms with Crippen molar-refractivity contribution in [2.24, 2.45) is 4.99 Å². The lowest BCUT2D eigenvalue weighted by molar-refractivity contribution is -0.384. The highest BCUT2D eigenvalue weighted by Gasteiger charge is 2.35. The number of ether oxygens (including phenoxy) is 4. The van der Waals surface area contributed by atoms with Crippen LogP contribution in [0.1, 0.15) is 31.2 Å². The van der Waals surface area contributed by atoms with Crippen LogP contribution in [0, 0.1) is 10.1 Å². The molecule has 228 valence electrons. The molecule has 14 heteroatoms. The fourth-order valence-electron chi connectivity index (χ4n) is 4.87. The Morgan fingerprint density at radius 3 is 2.52 bits per heavy atom. The maximum Gasteiger partial charge on any atom is 0.338 e. The van der Waals surface area contributed by atoms with Gasteiger partial charge in [0.25, 0.3) is 11.2 Å². The van der Waals surface area contributed by atoms with Crippen LogP contribution in [-0.4, -0.2) is 43.4 Å². The Morgan fingerprint density at radius 2 is 1.86 bits per heavy atom. The molecule has 2 aromatic carbocycles. The Bertz CT molecular complexity index is 2010. The number of aromatic nitrogens is 1. The van der Waals surface area contributed by atoms with Gasteiger partial charge >= 0.3 is 5.97 Å². The fraction of sp³-hybridized carbons (Fsp3) is 0.233. The summed E-state index contributed by atoms with van der Waals surface area (Å²) in [4.78, 5) is 43.4. The minimum atomic E-state index is -0.907. The van der Waals surface area contributed by atoms with Gasteiger partial charge in [0.15, 0.2) is 16.3 Å². The van der Waals surface area contributed by atoms with E-state index in [2.05, 4.69) is 20.9 Å². The molecule has 4 aromatic rings. The van der Waals surface area contributed by atoms with Crippen LogP contribution < -0.4 is 29.1 Å². The van der Waals surface area contributed by atoms with Gasteiger partial charge in [0.1, 0.15) is 17.3 Å². The molecule has 0 saturated heterocycles. The molecule has 0 fully saturated rings. The number of rotatable bonds is 9. The minimum absolute atomic E-state index is 0.132. The van der Waals surface area contributed by atoms with Gasteiger partial charge in [0.2, 0.25) is 0 Å². The smallest absolute Gasteiger partial charge is 0.338 e. The number of fused-ring (bicyclic) bond motifs is 1. The van der Waals surface area contributed by atoms with E-state index in [4.69, 9.17) is 23.4 Å². The minimum Gasteiger partial charge on any atom is -0.497 e. The molecular formula is C30H26BrN3O9S. The van der Waals surface area contributed by atoms with Crippen molar-refractivity contribution < 1.29 is 33.1 Å². The molecule has 0 spiro atoms. The monoisotopic (exact) mass is 683 g/mol. The van der Waals surface area contributed by atoms with Gasteiger partial charge in [0.05, 0.1) is 66.3 Å². The third kappa shape index (κ3) is 5.53. The molecule has 3 heterocycles. The Kier molecular flexibility index (Phi) is 8.74. The van der Waals surface area contributed by atoms with Gasteiger partial charge in [-0.3, -0.25) is 19.5 Å². The van der Waals surface area contributed by atoms with E-state index in [9.17, 15) is 19.7 Å². The molecule has 1 aliphatic heterocycles. The summed E-state index contributed by atoms with van der Waals surface area (Å²) in [5, 5.41) is 11.7. The van der Waals surface area contributed by atoms with Crippen LogP contribution in [0.25, 0.3) is 17.4 Å². The average Bonchev–Trinajstić information content (AvgIpc) is 3.59. The summed E-state index contributed by atoms with van der Waals surface area (Å²) >= 11 is 4.69. The topological polar surface area (TPSA) is 145 Å². The van der Waals surface area contributed by atoms with Crippen molar-refractivity contribution in [3.63, 3.8) is 0 Å². The molecule has 0 unspecified atom stereocenters. The van der Waals surface area contributed by atoms with Crippen LogP contribution in [0.3, 0.4) is 0 Å². The molecule has 1 aliphatic rings. The highest BCUT2D eigenvalue weighted by molar-refractivity contribution is 9.10. The van der Waals surface area contributed by atoms with Crippen molar-refractivity contribution in [3.05, 3.63) is 99.3 Å². The summed E-state index contributed by atoms with van der Waals surface area (Å²) in [5.41, 5.74) is 0.792. The molecule has 0 N–H and O–H groups in total. The maximum absolute atomic E-state index is 14.0. The van der Waals surface area contributed by atoms with Crippen LogP contribution in [0.5, 0.6) is 17.2 Å². The second-order valence-corrected chi connectivity index (χ2v) is 11.2. The highest BCUT2D eigenvalue weighted by atomic mass is 79.9. The number of hydrogen-bond acceptors (Lipinski definition) is 11. The van der Waals surface area contributed by atoms with Crippen molar-refractivity contribution in [1.29, 1.82) is 0 Å². The zero-order chi connectivity index (χ0) is 31.7. The number of halogens is 1. The molecular weight excluding hydrogens is 658 g/mol. The normalized spacial score (nSPS) is 14.6. The number of nitro benzene ring substituents is 1. The van der Waals surface area contributed by atoms with Crippen LogP contribution in [-0.2, 0) is 9.53 Å². The predicted molar refractivity (Wildman–Crippen MR) is 165 cm³/mol. The van der Waals surface area contributed by atoms with Crippen molar-refractivity contribution in [1.82, 2.24) is 4.57 Å². The molecule has 12 nitrogen and oxygen atoms in total. The van der Waals surface area contributed by atoms with Gasteiger partial charge in [-0.1, -0.05) is 27.3 Å². The van der Waals surface area contributed by atoms with Crippen LogP contribution in [0.15, 0.2) is 72.4 Å². The van der Waals surface area contributed by atoms with E-state index in [0.717, 1.165) is 11.3 Å². The number of methoxy groups -OCH3 is 3. The Labute approximate surface area is 262 Å². The number of carbonyl (C=O) groups excluding carboxylic acids is 1. The van der Waals surface area contributed by atoms with Gasteiger partial charge in [-0.05, 0) is 55.8 Å². The summed E-state index contributed by atoms with van der Waals surface area (Å²) in [5.74, 6) is 1.13. The van der Waals surface area contributed by atoms with Crippen molar-refractivity contribution in [3.8, 4) is 28.6 Å². The summed E-state index contributed by atoms with van der Waals surface area (Å²) in [7, 11) is 4.42. The molecule has 0 bridgehead atoms. The van der Waals surface area contributed by atoms with E-state index in [1.54, 1.807) is 44.2 Å². The molecule has 0 amide bonds. The van der Waals surface area contributed by atoms with E-state index >= 15 is 0 Å². The second-order valence-electron chi connectivity index (χ2n) is 9.37. The molecule has 0 aliphatic carbocycles. The third-order valence-corrected chi connectivity index (χ3v) is 8.55. The zero-order valence-corrected chi connectivity index (χ0v) is 26.6. The lowest BCUT2D eigenvalue weighted by Gasteiger charge is -2.26. The van der Waals surface area contributed by atoms with Crippen molar-refractivity contribution in [2.75, 3.05) is 27.9 Å². The molecule has 1 atom stereocenters. The number of hydrogen-bond donors (Lipinski definition) is 0. The van der Waals surface area contributed by atoms with E-state index in [1.807, 2.05) is 0 Å². The fourth-order valence-corrected chi connectivity index (χ4v) is 6.43. The van der Waals surface area contributed by atoms with Crippen molar-refractivity contribution in [2.45, 2.75) is 19.9 Å². The van der Waals surface area contributed by atoms with Gasteiger partial charge in [-0.15, -0.1) is 0 Å². The molecule has 44 heavy (non-hydrogen) atoms. The lowest BCUT2D eigenvalue weighted by Crippen LogP contribution is -2.40. The molecule has 2 aromatic heterocycles. The Morgan fingerprint density at radius 1 is 1.14 bits per heavy atom. The van der Waals surface area contributed by atoms with E-state index in [1.165, 1.54) is 44.1 Å². The summed E-state index contributed by atoms with van der Waals surface area (Å²) in [6.45, 7) is 3.52. The number of benzene rings is 2. The van der Waals surface area contributed by atoms with Crippen LogP contribution in [0.2, 0.25) is 0 Å². The Hall–Kier alpha value is -4.69. The number of esters is 1. The first-order chi connectivity index (χ1) is 21.1. The van der Waals surface area contributed by atoms with E-state index in [0.29, 0.717) is 43.5 Å². The van der Waals surface area contributed by atoms with Crippen molar-refractivity contribution >= 4 is 45.0 Å². The standard InChI is InChI=1S/C30H26BrN3O9S/c1-6-42-29(36)26-15(2)32-30-33(27(26)19-13-23(40-4)24(41-5)14-20(19)31)28(35)25(44-30)12-17-8-10-22(43-17)18-9-7-16(39-3)11-21(18)34(37)38/h7-14,27H,6H2,1-5H3/b25-12-/t27-/m1/s1. The average molecular weight is 685 g/mol.